The minimum absolute atomic E-state index is 0.142. The number of hydrogen-bond donors (Lipinski definition) is 9. The molecule has 5 aliphatic carbocycles. The fourth-order valence-corrected chi connectivity index (χ4v) is 16.0. The van der Waals surface area contributed by atoms with Crippen LogP contribution in [0.5, 0.6) is 0 Å². The van der Waals surface area contributed by atoms with Crippen LogP contribution < -0.4 is 0 Å². The Balaban J connectivity index is 0.979. The quantitative estimate of drug-likeness (QED) is 0.130. The summed E-state index contributed by atoms with van der Waals surface area (Å²) in [5, 5.41) is 98.9. The molecule has 8 fully saturated rings. The molecule has 9 aliphatic rings. The molecule has 4 saturated carbocycles. The third kappa shape index (κ3) is 6.58. The predicted molar refractivity (Wildman–Crippen MR) is 227 cm³/mol. The van der Waals surface area contributed by atoms with Crippen molar-refractivity contribution >= 4 is 0 Å². The number of ether oxygens (including phenoxy) is 7. The molecule has 0 aromatic heterocycles. The van der Waals surface area contributed by atoms with E-state index in [1.54, 1.807) is 6.92 Å². The monoisotopic (exact) mass is 911 g/mol. The zero-order valence-electron chi connectivity index (χ0n) is 39.1. The molecule has 64 heavy (non-hydrogen) atoms. The van der Waals surface area contributed by atoms with Gasteiger partial charge in [0.05, 0.1) is 43.2 Å². The van der Waals surface area contributed by atoms with Gasteiger partial charge in [-0.2, -0.15) is 0 Å². The van der Waals surface area contributed by atoms with E-state index >= 15 is 0 Å². The summed E-state index contributed by atoms with van der Waals surface area (Å²) >= 11 is 0. The molecule has 2 bridgehead atoms. The van der Waals surface area contributed by atoms with Crippen LogP contribution in [0.25, 0.3) is 0 Å². The summed E-state index contributed by atoms with van der Waals surface area (Å²) in [5.74, 6) is 1.63. The van der Waals surface area contributed by atoms with Crippen molar-refractivity contribution in [3.05, 3.63) is 12.2 Å². The lowest BCUT2D eigenvalue weighted by Crippen LogP contribution is -2.73. The summed E-state index contributed by atoms with van der Waals surface area (Å²) in [5.41, 5.74) is -1.68. The predicted octanol–water partition coefficient (Wildman–Crippen LogP) is 1.51. The highest BCUT2D eigenvalue weighted by Crippen LogP contribution is 2.79. The van der Waals surface area contributed by atoms with Crippen molar-refractivity contribution in [2.75, 3.05) is 13.2 Å². The Morgan fingerprint density at radius 1 is 0.641 bits per heavy atom. The minimum Gasteiger partial charge on any atom is -0.394 e. The summed E-state index contributed by atoms with van der Waals surface area (Å²) in [6.45, 7) is 19.5. The van der Waals surface area contributed by atoms with Crippen molar-refractivity contribution in [2.24, 2.45) is 56.7 Å². The van der Waals surface area contributed by atoms with Gasteiger partial charge in [-0.1, -0.05) is 60.6 Å². The Morgan fingerprint density at radius 2 is 1.25 bits per heavy atom. The molecule has 9 N–H and O–H groups in total. The topological polar surface area (TPSA) is 247 Å². The third-order valence-electron chi connectivity index (χ3n) is 20.2. The van der Waals surface area contributed by atoms with Gasteiger partial charge in [0, 0.05) is 16.7 Å². The lowest BCUT2D eigenvalue weighted by atomic mass is 9.31. The highest BCUT2D eigenvalue weighted by Gasteiger charge is 2.79. The molecule has 0 unspecified atom stereocenters. The second-order valence-electron chi connectivity index (χ2n) is 23.3. The fraction of sp³-hybridized carbons (Fsp3) is 0.958. The molecule has 27 atom stereocenters. The van der Waals surface area contributed by atoms with Gasteiger partial charge in [0.25, 0.3) is 0 Å². The zero-order valence-corrected chi connectivity index (χ0v) is 39.1. The van der Waals surface area contributed by atoms with Crippen molar-refractivity contribution < 1.29 is 79.1 Å². The molecule has 4 heterocycles. The van der Waals surface area contributed by atoms with Crippen LogP contribution in [0.1, 0.15) is 107 Å². The standard InChI is InChI=1S/C48H78O16/c1-21-10-16-47-20-58-48(39(47)22(21)2)17-12-27-44(7)14-13-29(43(5,6)26(44)11-15-45(27,8)46(48,9)18-28(47)50)62-41-37(34(55)31(52)24(4)60-41)64-42-38(35(56)32(53)25(19-49)61-42)63-40-36(57)33(54)30(51)23(3)59-40/h12,17,21-42,49-57H,10-11,13-16,18-20H2,1-9H3/t21-,22+,23+,24-,25-,26-,27-,28-,29+,30+,31+,32-,33-,34+,35+,36-,37-,38-,39+,40+,41+,42+,44+,45-,46+,47+,48-/m1/s1. The Morgan fingerprint density at radius 3 is 1.92 bits per heavy atom. The average Bonchev–Trinajstić information content (AvgIpc) is 3.55. The smallest absolute Gasteiger partial charge is 0.187 e. The molecule has 366 valence electrons. The van der Waals surface area contributed by atoms with Gasteiger partial charge in [0.1, 0.15) is 61.0 Å². The maximum Gasteiger partial charge on any atom is 0.187 e. The van der Waals surface area contributed by atoms with E-state index in [0.29, 0.717) is 31.3 Å². The zero-order chi connectivity index (χ0) is 46.4. The molecular weight excluding hydrogens is 833 g/mol. The maximum absolute atomic E-state index is 12.3. The second-order valence-corrected chi connectivity index (χ2v) is 23.3. The van der Waals surface area contributed by atoms with Gasteiger partial charge in [-0.25, -0.2) is 0 Å². The maximum atomic E-state index is 12.3. The number of aliphatic hydroxyl groups is 9. The van der Waals surface area contributed by atoms with Gasteiger partial charge in [0.15, 0.2) is 18.9 Å². The Labute approximate surface area is 377 Å². The molecule has 0 aromatic rings. The largest absolute Gasteiger partial charge is 0.394 e. The van der Waals surface area contributed by atoms with Crippen LogP contribution in [0.2, 0.25) is 0 Å². The van der Waals surface area contributed by atoms with E-state index in [1.807, 2.05) is 0 Å². The van der Waals surface area contributed by atoms with Crippen LogP contribution in [0.15, 0.2) is 12.2 Å². The fourth-order valence-electron chi connectivity index (χ4n) is 16.0. The first-order chi connectivity index (χ1) is 29.9. The lowest BCUT2D eigenvalue weighted by molar-refractivity contribution is -0.396. The summed E-state index contributed by atoms with van der Waals surface area (Å²) in [7, 11) is 0. The van der Waals surface area contributed by atoms with Gasteiger partial charge in [-0.3, -0.25) is 0 Å². The van der Waals surface area contributed by atoms with Crippen molar-refractivity contribution in [1.29, 1.82) is 0 Å². The molecule has 16 heteroatoms. The summed E-state index contributed by atoms with van der Waals surface area (Å²) in [4.78, 5) is 0. The molecule has 4 saturated heterocycles. The number of rotatable bonds is 7. The molecular formula is C48H78O16. The molecule has 9 rings (SSSR count). The Bertz CT molecular complexity index is 1750. The van der Waals surface area contributed by atoms with Gasteiger partial charge in [-0.05, 0) is 98.7 Å². The molecule has 16 nitrogen and oxygen atoms in total. The van der Waals surface area contributed by atoms with E-state index in [0.717, 1.165) is 32.1 Å². The molecule has 1 spiro atoms. The highest BCUT2D eigenvalue weighted by atomic mass is 16.8. The van der Waals surface area contributed by atoms with Crippen LogP contribution in [0.3, 0.4) is 0 Å². The lowest BCUT2D eigenvalue weighted by Gasteiger charge is -2.73. The molecule has 0 aromatic carbocycles. The van der Waals surface area contributed by atoms with E-state index in [-0.39, 0.29) is 39.4 Å². The first kappa shape index (κ1) is 48.1. The summed E-state index contributed by atoms with van der Waals surface area (Å²) < 4.78 is 44.3. The normalized spacial score (nSPS) is 60.2. The highest BCUT2D eigenvalue weighted by molar-refractivity contribution is 5.36. The van der Waals surface area contributed by atoms with Gasteiger partial charge in [-0.15, -0.1) is 0 Å². The van der Waals surface area contributed by atoms with Gasteiger partial charge in [0.2, 0.25) is 0 Å². The second kappa shape index (κ2) is 16.3. The van der Waals surface area contributed by atoms with E-state index < -0.39 is 122 Å². The number of hydrogen-bond acceptors (Lipinski definition) is 16. The van der Waals surface area contributed by atoms with Crippen LogP contribution >= 0.6 is 0 Å². The van der Waals surface area contributed by atoms with E-state index in [1.165, 1.54) is 6.92 Å². The van der Waals surface area contributed by atoms with Crippen molar-refractivity contribution in [1.82, 2.24) is 0 Å². The molecule has 0 radical (unpaired) electrons. The van der Waals surface area contributed by atoms with Crippen LogP contribution in [0.4, 0.5) is 0 Å². The van der Waals surface area contributed by atoms with Crippen molar-refractivity contribution in [3.8, 4) is 0 Å². The van der Waals surface area contributed by atoms with Crippen LogP contribution in [0, 0.1) is 56.7 Å². The first-order valence-electron chi connectivity index (χ1n) is 24.3. The SMILES string of the molecule is C[C@H]1[C@H](C)CC[C@]23CO[C@]4(C=C[C@@H]5[C@@]6(C)CC[C@H](O[C@@H]7O[C@H](C)[C@H](O)[C@H](O)[C@H]7O[C@@H]7O[C@H](CO)[C@@H](O)[C@H](O)[C@H]7O[C@@H]7O[C@@H](C)[C@H](O)[C@@H](O)[C@H]7O)C(C)(C)[C@H]6CC[C@@]5(C)[C@]4(C)C[C@H]2O)[C@@H]13. The van der Waals surface area contributed by atoms with E-state index in [2.05, 4.69) is 60.6 Å². The van der Waals surface area contributed by atoms with Gasteiger partial charge >= 0.3 is 0 Å². The first-order valence-corrected chi connectivity index (χ1v) is 24.3. The Hall–Kier alpha value is -0.900. The molecule has 4 aliphatic heterocycles. The van der Waals surface area contributed by atoms with Crippen LogP contribution in [-0.2, 0) is 33.2 Å². The van der Waals surface area contributed by atoms with Crippen molar-refractivity contribution in [3.63, 3.8) is 0 Å². The van der Waals surface area contributed by atoms with E-state index in [4.69, 9.17) is 33.2 Å². The number of fused-ring (bicyclic) bond motifs is 4. The molecule has 0 amide bonds. The average molecular weight is 911 g/mol. The van der Waals surface area contributed by atoms with Gasteiger partial charge < -0.3 is 79.1 Å². The summed E-state index contributed by atoms with van der Waals surface area (Å²) in [6.07, 6.45) is -11.9. The Kier molecular flexibility index (Phi) is 12.3. The van der Waals surface area contributed by atoms with Crippen LogP contribution in [-0.4, -0.2) is 169 Å². The number of allylic oxidation sites excluding steroid dienone is 1. The summed E-state index contributed by atoms with van der Waals surface area (Å²) in [6, 6.07) is 0. The minimum atomic E-state index is -1.79. The van der Waals surface area contributed by atoms with Crippen molar-refractivity contribution in [2.45, 2.75) is 217 Å². The third-order valence-corrected chi connectivity index (χ3v) is 20.2. The van der Waals surface area contributed by atoms with E-state index in [9.17, 15) is 46.0 Å². The number of aliphatic hydroxyl groups excluding tert-OH is 9.